The van der Waals surface area contributed by atoms with Crippen LogP contribution in [0.1, 0.15) is 19.3 Å². The van der Waals surface area contributed by atoms with Crippen LogP contribution >= 0.6 is 34.2 Å². The van der Waals surface area contributed by atoms with Crippen LogP contribution in [0.2, 0.25) is 5.02 Å². The average molecular weight is 394 g/mol. The molecule has 2 unspecified atom stereocenters. The first-order valence-electron chi connectivity index (χ1n) is 5.98. The number of carboxylic acid groups (broad SMARTS) is 1. The minimum atomic E-state index is -0.886. The zero-order chi connectivity index (χ0) is 14.0. The predicted molar refractivity (Wildman–Crippen MR) is 81.3 cm³/mol. The number of nitrogens with one attached hydrogen (secondary N) is 1. The highest BCUT2D eigenvalue weighted by Crippen LogP contribution is 2.33. The minimum absolute atomic E-state index is 0.217. The number of benzene rings is 1. The molecule has 4 nitrogen and oxygen atoms in total. The van der Waals surface area contributed by atoms with Crippen LogP contribution in [0, 0.1) is 15.4 Å². The molecule has 2 N–H and O–H groups in total. The maximum Gasteiger partial charge on any atom is 0.307 e. The van der Waals surface area contributed by atoms with Crippen molar-refractivity contribution in [3.63, 3.8) is 0 Å². The molecule has 102 valence electrons. The number of hydrogen-bond donors (Lipinski definition) is 2. The molecule has 0 aromatic heterocycles. The minimum Gasteiger partial charge on any atom is -0.481 e. The Hall–Kier alpha value is -0.820. The molecule has 1 aliphatic rings. The van der Waals surface area contributed by atoms with Crippen molar-refractivity contribution in [3.8, 4) is 0 Å². The van der Waals surface area contributed by atoms with E-state index in [1.807, 2.05) is 0 Å². The van der Waals surface area contributed by atoms with Gasteiger partial charge in [-0.3, -0.25) is 9.59 Å². The molecule has 2 rings (SSSR count). The predicted octanol–water partition coefficient (Wildman–Crippen LogP) is 3.38. The monoisotopic (exact) mass is 393 g/mol. The van der Waals surface area contributed by atoms with Gasteiger partial charge < -0.3 is 10.4 Å². The second kappa shape index (κ2) is 6.09. The summed E-state index contributed by atoms with van der Waals surface area (Å²) in [5.74, 6) is -2.11. The molecular formula is C13H13ClINO3. The third-order valence-electron chi connectivity index (χ3n) is 3.36. The highest BCUT2D eigenvalue weighted by atomic mass is 127. The van der Waals surface area contributed by atoms with Crippen molar-refractivity contribution in [2.75, 3.05) is 5.32 Å². The van der Waals surface area contributed by atoms with Gasteiger partial charge in [-0.15, -0.1) is 0 Å². The molecule has 0 saturated heterocycles. The zero-order valence-corrected chi connectivity index (χ0v) is 12.9. The van der Waals surface area contributed by atoms with Gasteiger partial charge in [-0.1, -0.05) is 18.0 Å². The molecule has 0 spiro atoms. The van der Waals surface area contributed by atoms with E-state index in [2.05, 4.69) is 27.9 Å². The molecule has 1 aromatic rings. The fourth-order valence-corrected chi connectivity index (χ4v) is 3.39. The van der Waals surface area contributed by atoms with Crippen molar-refractivity contribution < 1.29 is 14.7 Å². The Labute approximate surface area is 129 Å². The number of rotatable bonds is 3. The molecule has 1 saturated carbocycles. The lowest BCUT2D eigenvalue weighted by atomic mass is 9.95. The van der Waals surface area contributed by atoms with Crippen molar-refractivity contribution in [1.82, 2.24) is 0 Å². The summed E-state index contributed by atoms with van der Waals surface area (Å²) in [7, 11) is 0. The lowest BCUT2D eigenvalue weighted by Crippen LogP contribution is -2.30. The van der Waals surface area contributed by atoms with E-state index in [1.54, 1.807) is 18.2 Å². The first-order valence-corrected chi connectivity index (χ1v) is 7.43. The Kier molecular flexibility index (Phi) is 4.67. The second-order valence-corrected chi connectivity index (χ2v) is 6.19. The molecule has 19 heavy (non-hydrogen) atoms. The van der Waals surface area contributed by atoms with E-state index in [-0.39, 0.29) is 5.91 Å². The zero-order valence-electron chi connectivity index (χ0n) is 10.0. The quantitative estimate of drug-likeness (QED) is 0.774. The highest BCUT2D eigenvalue weighted by Gasteiger charge is 2.37. The van der Waals surface area contributed by atoms with Gasteiger partial charge in [0.15, 0.2) is 0 Å². The summed E-state index contributed by atoms with van der Waals surface area (Å²) in [6.45, 7) is 0. The summed E-state index contributed by atoms with van der Waals surface area (Å²) in [6, 6.07) is 5.18. The maximum atomic E-state index is 12.2. The molecule has 2 atom stereocenters. The number of halogens is 2. The first-order chi connectivity index (χ1) is 8.99. The molecular weight excluding hydrogens is 381 g/mol. The van der Waals surface area contributed by atoms with E-state index < -0.39 is 17.8 Å². The molecule has 1 aromatic carbocycles. The second-order valence-electron chi connectivity index (χ2n) is 4.60. The fourth-order valence-electron chi connectivity index (χ4n) is 2.39. The van der Waals surface area contributed by atoms with Gasteiger partial charge in [-0.05, 0) is 53.6 Å². The van der Waals surface area contributed by atoms with Crippen LogP contribution in [-0.2, 0) is 9.59 Å². The van der Waals surface area contributed by atoms with E-state index in [0.717, 1.165) is 9.99 Å². The van der Waals surface area contributed by atoms with Crippen LogP contribution in [0.25, 0.3) is 0 Å². The summed E-state index contributed by atoms with van der Waals surface area (Å²) in [4.78, 5) is 23.2. The third kappa shape index (κ3) is 3.39. The van der Waals surface area contributed by atoms with Crippen LogP contribution in [-0.4, -0.2) is 17.0 Å². The van der Waals surface area contributed by atoms with E-state index in [1.165, 1.54) is 0 Å². The normalized spacial score (nSPS) is 22.2. The summed E-state index contributed by atoms with van der Waals surface area (Å²) in [5, 5.41) is 12.5. The topological polar surface area (TPSA) is 66.4 Å². The molecule has 0 aliphatic heterocycles. The molecule has 0 radical (unpaired) electrons. The smallest absolute Gasteiger partial charge is 0.307 e. The van der Waals surface area contributed by atoms with Gasteiger partial charge in [0.2, 0.25) is 5.91 Å². The maximum absolute atomic E-state index is 12.2. The van der Waals surface area contributed by atoms with E-state index in [9.17, 15) is 9.59 Å². The number of anilines is 1. The number of amides is 1. The van der Waals surface area contributed by atoms with Gasteiger partial charge >= 0.3 is 5.97 Å². The van der Waals surface area contributed by atoms with Crippen LogP contribution in [0.5, 0.6) is 0 Å². The SMILES string of the molecule is O=C(O)C1CCCC1C(=O)Nc1ccc(Cl)cc1I. The standard InChI is InChI=1S/C13H13ClINO3/c14-7-4-5-11(10(15)6-7)16-12(17)8-2-1-3-9(8)13(18)19/h4-6,8-9H,1-3H2,(H,16,17)(H,18,19). The summed E-state index contributed by atoms with van der Waals surface area (Å²) >= 11 is 7.94. The van der Waals surface area contributed by atoms with Crippen molar-refractivity contribution in [3.05, 3.63) is 26.8 Å². The Bertz CT molecular complexity index is 521. The van der Waals surface area contributed by atoms with Crippen LogP contribution < -0.4 is 5.32 Å². The van der Waals surface area contributed by atoms with E-state index in [4.69, 9.17) is 16.7 Å². The van der Waals surface area contributed by atoms with Crippen LogP contribution in [0.15, 0.2) is 18.2 Å². The number of carboxylic acids is 1. The molecule has 1 amide bonds. The van der Waals surface area contributed by atoms with Crippen molar-refractivity contribution in [1.29, 1.82) is 0 Å². The highest BCUT2D eigenvalue weighted by molar-refractivity contribution is 14.1. The summed E-state index contributed by atoms with van der Waals surface area (Å²) in [5.41, 5.74) is 0.672. The van der Waals surface area contributed by atoms with Gasteiger partial charge in [0.25, 0.3) is 0 Å². The average Bonchev–Trinajstić information content (AvgIpc) is 2.82. The summed E-state index contributed by atoms with van der Waals surface area (Å²) < 4.78 is 0.836. The lowest BCUT2D eigenvalue weighted by molar-refractivity contribution is -0.145. The molecule has 0 heterocycles. The first kappa shape index (κ1) is 14.6. The van der Waals surface area contributed by atoms with Gasteiger partial charge in [-0.2, -0.15) is 0 Å². The van der Waals surface area contributed by atoms with Gasteiger partial charge in [-0.25, -0.2) is 0 Å². The number of aliphatic carboxylic acids is 1. The molecule has 0 bridgehead atoms. The van der Waals surface area contributed by atoms with Crippen LogP contribution in [0.3, 0.4) is 0 Å². The third-order valence-corrected chi connectivity index (χ3v) is 4.49. The Morgan fingerprint density at radius 1 is 1.32 bits per heavy atom. The number of carbonyl (C=O) groups excluding carboxylic acids is 1. The lowest BCUT2D eigenvalue weighted by Gasteiger charge is -2.16. The van der Waals surface area contributed by atoms with Gasteiger partial charge in [0.05, 0.1) is 17.5 Å². The Balaban J connectivity index is 2.10. The number of carbonyl (C=O) groups is 2. The Morgan fingerprint density at radius 3 is 2.63 bits per heavy atom. The molecule has 1 aliphatic carbocycles. The fraction of sp³-hybridized carbons (Fsp3) is 0.385. The van der Waals surface area contributed by atoms with Crippen molar-refractivity contribution >= 4 is 51.8 Å². The van der Waals surface area contributed by atoms with E-state index in [0.29, 0.717) is 23.6 Å². The summed E-state index contributed by atoms with van der Waals surface area (Å²) in [6.07, 6.45) is 1.99. The van der Waals surface area contributed by atoms with Crippen molar-refractivity contribution in [2.24, 2.45) is 11.8 Å². The van der Waals surface area contributed by atoms with Crippen molar-refractivity contribution in [2.45, 2.75) is 19.3 Å². The number of hydrogen-bond acceptors (Lipinski definition) is 2. The molecule has 1 fully saturated rings. The van der Waals surface area contributed by atoms with Gasteiger partial charge in [0.1, 0.15) is 0 Å². The Morgan fingerprint density at radius 2 is 2.00 bits per heavy atom. The van der Waals surface area contributed by atoms with E-state index >= 15 is 0 Å². The van der Waals surface area contributed by atoms with Gasteiger partial charge in [0, 0.05) is 8.59 Å². The molecule has 6 heteroatoms. The van der Waals surface area contributed by atoms with Crippen LogP contribution in [0.4, 0.5) is 5.69 Å². The largest absolute Gasteiger partial charge is 0.481 e.